The molecule has 1 aliphatic rings. The molecule has 0 saturated heterocycles. The van der Waals surface area contributed by atoms with Crippen molar-refractivity contribution in [2.24, 2.45) is 0 Å². The summed E-state index contributed by atoms with van der Waals surface area (Å²) in [5.74, 6) is -2.52. The van der Waals surface area contributed by atoms with E-state index in [1.165, 1.54) is 5.56 Å². The quantitative estimate of drug-likeness (QED) is 0.743. The third-order valence-corrected chi connectivity index (χ3v) is 4.69. The topological polar surface area (TPSA) is 91.6 Å². The number of nitrogens with zero attached hydrogens (tertiary/aromatic N) is 1. The van der Waals surface area contributed by atoms with Crippen molar-refractivity contribution in [2.75, 3.05) is 6.54 Å². The number of carboxylic acid groups (broad SMARTS) is 2. The molecule has 1 aliphatic heterocycles. The molecular formula is C19H20N2O4. The van der Waals surface area contributed by atoms with Crippen molar-refractivity contribution < 1.29 is 19.8 Å². The summed E-state index contributed by atoms with van der Waals surface area (Å²) in [6.07, 6.45) is 0.767. The molecule has 0 radical (unpaired) electrons. The van der Waals surface area contributed by atoms with Crippen molar-refractivity contribution in [3.63, 3.8) is 0 Å². The van der Waals surface area contributed by atoms with Gasteiger partial charge in [-0.15, -0.1) is 0 Å². The number of benzene rings is 1. The van der Waals surface area contributed by atoms with Crippen LogP contribution in [0.4, 0.5) is 0 Å². The number of aliphatic carboxylic acids is 2. The normalized spacial score (nSPS) is 20.2. The van der Waals surface area contributed by atoms with E-state index in [9.17, 15) is 14.7 Å². The van der Waals surface area contributed by atoms with E-state index >= 15 is 0 Å². The van der Waals surface area contributed by atoms with Crippen molar-refractivity contribution in [3.05, 3.63) is 59.3 Å². The fourth-order valence-electron chi connectivity index (χ4n) is 3.41. The van der Waals surface area contributed by atoms with Crippen LogP contribution in [-0.4, -0.2) is 33.3 Å². The summed E-state index contributed by atoms with van der Waals surface area (Å²) in [5, 5.41) is 21.8. The maximum atomic E-state index is 11.7. The van der Waals surface area contributed by atoms with Crippen LogP contribution in [0.1, 0.15) is 18.2 Å². The average molecular weight is 340 g/mol. The van der Waals surface area contributed by atoms with Gasteiger partial charge in [-0.25, -0.2) is 9.59 Å². The number of carboxylic acids is 2. The third kappa shape index (κ3) is 2.96. The number of nitrogens with one attached hydrogen (secondary N) is 1. The summed E-state index contributed by atoms with van der Waals surface area (Å²) in [7, 11) is 0. The molecule has 3 rings (SSSR count). The molecule has 0 saturated carbocycles. The Morgan fingerprint density at radius 1 is 1.16 bits per heavy atom. The molecule has 1 atom stereocenters. The van der Waals surface area contributed by atoms with Crippen molar-refractivity contribution in [2.45, 2.75) is 25.9 Å². The molecule has 6 nitrogen and oxygen atoms in total. The number of fused-ring (bicyclic) bond motifs is 1. The summed E-state index contributed by atoms with van der Waals surface area (Å²) in [5.41, 5.74) is 2.67. The first kappa shape index (κ1) is 17.0. The number of hydrogen-bond donors (Lipinski definition) is 3. The van der Waals surface area contributed by atoms with Crippen LogP contribution < -0.4 is 5.32 Å². The van der Waals surface area contributed by atoms with Gasteiger partial charge in [0.05, 0.1) is 11.1 Å². The summed E-state index contributed by atoms with van der Waals surface area (Å²) >= 11 is 0. The second-order valence-electron chi connectivity index (χ2n) is 6.37. The van der Waals surface area contributed by atoms with E-state index in [2.05, 4.69) is 9.88 Å². The molecule has 130 valence electrons. The zero-order valence-corrected chi connectivity index (χ0v) is 14.1. The Bertz CT molecular complexity index is 864. The second kappa shape index (κ2) is 6.22. The highest BCUT2D eigenvalue weighted by molar-refractivity contribution is 5.96. The Hall–Kier alpha value is -2.86. The minimum Gasteiger partial charge on any atom is -0.478 e. The molecule has 0 amide bonds. The molecule has 1 aromatic heterocycles. The first-order chi connectivity index (χ1) is 11.8. The fraction of sp³-hybridized carbons (Fsp3) is 0.263. The Morgan fingerprint density at radius 3 is 2.44 bits per heavy atom. The molecule has 1 unspecified atom stereocenters. The lowest BCUT2D eigenvalue weighted by molar-refractivity contribution is -0.136. The van der Waals surface area contributed by atoms with Gasteiger partial charge in [-0.3, -0.25) is 0 Å². The van der Waals surface area contributed by atoms with E-state index in [1.54, 1.807) is 6.92 Å². The molecule has 1 aromatic carbocycles. The lowest BCUT2D eigenvalue weighted by Crippen LogP contribution is -2.50. The highest BCUT2D eigenvalue weighted by Gasteiger charge is 2.40. The Kier molecular flexibility index (Phi) is 4.22. The van der Waals surface area contributed by atoms with E-state index in [-0.39, 0.29) is 5.57 Å². The predicted octanol–water partition coefficient (Wildman–Crippen LogP) is 2.38. The number of aromatic nitrogens is 1. The monoisotopic (exact) mass is 340 g/mol. The smallest absolute Gasteiger partial charge is 0.334 e. The Morgan fingerprint density at radius 2 is 1.84 bits per heavy atom. The van der Waals surface area contributed by atoms with Gasteiger partial charge in [0.1, 0.15) is 0 Å². The predicted molar refractivity (Wildman–Crippen MR) is 93.3 cm³/mol. The Balaban J connectivity index is 2.13. The number of hydrogen-bond acceptors (Lipinski definition) is 3. The van der Waals surface area contributed by atoms with Gasteiger partial charge < -0.3 is 20.1 Å². The number of carbonyl (C=O) groups is 2. The van der Waals surface area contributed by atoms with E-state index in [0.717, 1.165) is 23.0 Å². The molecule has 6 heteroatoms. The maximum absolute atomic E-state index is 11.7. The maximum Gasteiger partial charge on any atom is 0.334 e. The molecule has 25 heavy (non-hydrogen) atoms. The van der Waals surface area contributed by atoms with Gasteiger partial charge in [0, 0.05) is 30.6 Å². The van der Waals surface area contributed by atoms with Gasteiger partial charge in [-0.05, 0) is 31.5 Å². The number of rotatable bonds is 4. The van der Waals surface area contributed by atoms with Gasteiger partial charge in [0.25, 0.3) is 0 Å². The first-order valence-corrected chi connectivity index (χ1v) is 8.03. The standard InChI is InChI=1S/C19H20N2O4/c1-12-3-5-13(6-4-12)15-7-8-16-19(2,20-9-10-21(15)16)14(18(24)25)11-17(22)23/h3-8,11,20H,9-10H2,1-2H3,(H,22,23)(H,24,25). The third-order valence-electron chi connectivity index (χ3n) is 4.69. The summed E-state index contributed by atoms with van der Waals surface area (Å²) in [6, 6.07) is 11.9. The van der Waals surface area contributed by atoms with Gasteiger partial charge in [-0.2, -0.15) is 0 Å². The van der Waals surface area contributed by atoms with Crippen molar-refractivity contribution in [1.29, 1.82) is 0 Å². The van der Waals surface area contributed by atoms with Crippen LogP contribution in [0, 0.1) is 6.92 Å². The first-order valence-electron chi connectivity index (χ1n) is 8.03. The van der Waals surface area contributed by atoms with Crippen LogP contribution >= 0.6 is 0 Å². The fourth-order valence-corrected chi connectivity index (χ4v) is 3.41. The van der Waals surface area contributed by atoms with E-state index in [1.807, 2.05) is 43.3 Å². The Labute approximate surface area is 145 Å². The van der Waals surface area contributed by atoms with Gasteiger partial charge in [0.2, 0.25) is 0 Å². The summed E-state index contributed by atoms with van der Waals surface area (Å²) in [6.45, 7) is 4.95. The van der Waals surface area contributed by atoms with E-state index < -0.39 is 17.5 Å². The van der Waals surface area contributed by atoms with Crippen LogP contribution in [0.2, 0.25) is 0 Å². The highest BCUT2D eigenvalue weighted by atomic mass is 16.4. The molecule has 3 N–H and O–H groups in total. The molecule has 2 aromatic rings. The zero-order valence-electron chi connectivity index (χ0n) is 14.1. The summed E-state index contributed by atoms with van der Waals surface area (Å²) in [4.78, 5) is 22.8. The van der Waals surface area contributed by atoms with Crippen molar-refractivity contribution in [3.8, 4) is 11.3 Å². The van der Waals surface area contributed by atoms with Crippen molar-refractivity contribution in [1.82, 2.24) is 9.88 Å². The van der Waals surface area contributed by atoms with Crippen LogP contribution in [0.3, 0.4) is 0 Å². The van der Waals surface area contributed by atoms with Gasteiger partial charge >= 0.3 is 11.9 Å². The number of aryl methyl sites for hydroxylation is 1. The van der Waals surface area contributed by atoms with E-state index in [4.69, 9.17) is 5.11 Å². The van der Waals surface area contributed by atoms with E-state index in [0.29, 0.717) is 13.1 Å². The van der Waals surface area contributed by atoms with Crippen LogP contribution in [0.25, 0.3) is 11.3 Å². The lowest BCUT2D eigenvalue weighted by Gasteiger charge is -2.37. The SMILES string of the molecule is Cc1ccc(-c2ccc3n2CCNC3(C)C(=CC(=O)O)C(=O)O)cc1. The molecule has 2 heterocycles. The summed E-state index contributed by atoms with van der Waals surface area (Å²) < 4.78 is 2.06. The minimum absolute atomic E-state index is 0.186. The molecule has 0 bridgehead atoms. The zero-order chi connectivity index (χ0) is 18.2. The lowest BCUT2D eigenvalue weighted by atomic mass is 9.86. The van der Waals surface area contributed by atoms with Gasteiger partial charge in [0.15, 0.2) is 0 Å². The second-order valence-corrected chi connectivity index (χ2v) is 6.37. The minimum atomic E-state index is -1.28. The molecule has 0 spiro atoms. The van der Waals surface area contributed by atoms with Gasteiger partial charge in [-0.1, -0.05) is 29.8 Å². The van der Waals surface area contributed by atoms with Crippen molar-refractivity contribution >= 4 is 11.9 Å². The largest absolute Gasteiger partial charge is 0.478 e. The average Bonchev–Trinajstić information content (AvgIpc) is 2.98. The van der Waals surface area contributed by atoms with Crippen LogP contribution in [0.5, 0.6) is 0 Å². The molecular weight excluding hydrogens is 320 g/mol. The van der Waals surface area contributed by atoms with Crippen LogP contribution in [-0.2, 0) is 21.7 Å². The molecule has 0 aliphatic carbocycles. The van der Waals surface area contributed by atoms with Crippen LogP contribution in [0.15, 0.2) is 48.0 Å². The molecule has 0 fully saturated rings. The highest BCUT2D eigenvalue weighted by Crippen LogP contribution is 2.36.